The van der Waals surface area contributed by atoms with Gasteiger partial charge in [0.15, 0.2) is 0 Å². The maximum atomic E-state index is 12.1. The first-order chi connectivity index (χ1) is 10.7. The van der Waals surface area contributed by atoms with Crippen molar-refractivity contribution in [3.8, 4) is 0 Å². The van der Waals surface area contributed by atoms with Crippen LogP contribution in [0.5, 0.6) is 0 Å². The van der Waals surface area contributed by atoms with Crippen molar-refractivity contribution in [1.82, 2.24) is 9.80 Å². The molecule has 0 aliphatic carbocycles. The van der Waals surface area contributed by atoms with Gasteiger partial charge in [-0.15, -0.1) is 0 Å². The summed E-state index contributed by atoms with van der Waals surface area (Å²) in [6, 6.07) is 8.14. The molecular weight excluding hydrogens is 291 g/mol. The van der Waals surface area contributed by atoms with Crippen molar-refractivity contribution >= 4 is 18.6 Å². The van der Waals surface area contributed by atoms with Crippen molar-refractivity contribution in [2.75, 3.05) is 20.1 Å². The Kier molecular flexibility index (Phi) is 3.93. The van der Waals surface area contributed by atoms with Crippen LogP contribution in [0.15, 0.2) is 24.3 Å². The second-order valence-electron chi connectivity index (χ2n) is 7.41. The highest BCUT2D eigenvalue weighted by molar-refractivity contribution is 6.62. The molecule has 0 saturated carbocycles. The molecule has 1 aromatic rings. The van der Waals surface area contributed by atoms with E-state index in [9.17, 15) is 4.79 Å². The predicted octanol–water partition coefficient (Wildman–Crippen LogP) is 1.85. The van der Waals surface area contributed by atoms with E-state index in [1.165, 1.54) is 0 Å². The zero-order valence-electron chi connectivity index (χ0n) is 14.6. The molecule has 0 N–H and O–H groups in total. The van der Waals surface area contributed by atoms with Crippen LogP contribution in [0.1, 0.15) is 33.3 Å². The summed E-state index contributed by atoms with van der Waals surface area (Å²) < 4.78 is 12.3. The summed E-state index contributed by atoms with van der Waals surface area (Å²) in [4.78, 5) is 15.8. The van der Waals surface area contributed by atoms with E-state index in [0.29, 0.717) is 6.54 Å². The van der Waals surface area contributed by atoms with Crippen LogP contribution in [-0.2, 0) is 15.9 Å². The lowest BCUT2D eigenvalue weighted by Gasteiger charge is -2.32. The number of hydrogen-bond donors (Lipinski definition) is 0. The van der Waals surface area contributed by atoms with Gasteiger partial charge >= 0.3 is 13.1 Å². The average molecular weight is 316 g/mol. The first-order valence-corrected chi connectivity index (χ1v) is 8.15. The van der Waals surface area contributed by atoms with Gasteiger partial charge < -0.3 is 19.1 Å². The van der Waals surface area contributed by atoms with Crippen LogP contribution in [0.3, 0.4) is 0 Å². The summed E-state index contributed by atoms with van der Waals surface area (Å²) in [6.07, 6.45) is 0. The highest BCUT2D eigenvalue weighted by Gasteiger charge is 2.52. The van der Waals surface area contributed by atoms with Gasteiger partial charge in [0.2, 0.25) is 0 Å². The van der Waals surface area contributed by atoms with E-state index >= 15 is 0 Å². The van der Waals surface area contributed by atoms with Gasteiger partial charge in [-0.2, -0.15) is 0 Å². The van der Waals surface area contributed by atoms with Crippen LogP contribution < -0.4 is 5.46 Å². The third-order valence-corrected chi connectivity index (χ3v) is 5.23. The molecule has 0 unspecified atom stereocenters. The SMILES string of the molecule is CN1CCN(Cc2ccccc2B2OC(C)(C)C(C)(C)O2)C1=O. The fourth-order valence-corrected chi connectivity index (χ4v) is 2.93. The molecule has 0 spiro atoms. The second-order valence-corrected chi connectivity index (χ2v) is 7.41. The van der Waals surface area contributed by atoms with Gasteiger partial charge in [-0.05, 0) is 38.7 Å². The van der Waals surface area contributed by atoms with Crippen LogP contribution in [0.25, 0.3) is 0 Å². The van der Waals surface area contributed by atoms with Crippen molar-refractivity contribution in [1.29, 1.82) is 0 Å². The first-order valence-electron chi connectivity index (χ1n) is 8.15. The number of hydrogen-bond acceptors (Lipinski definition) is 3. The molecule has 2 aliphatic heterocycles. The molecule has 0 bridgehead atoms. The summed E-state index contributed by atoms with van der Waals surface area (Å²) in [5.41, 5.74) is 1.35. The molecule has 0 atom stereocenters. The molecule has 5 nitrogen and oxygen atoms in total. The Morgan fingerprint density at radius 3 is 2.26 bits per heavy atom. The Morgan fingerprint density at radius 1 is 1.09 bits per heavy atom. The molecule has 3 rings (SSSR count). The van der Waals surface area contributed by atoms with Gasteiger partial charge in [-0.25, -0.2) is 4.79 Å². The standard InChI is InChI=1S/C17H25BN2O3/c1-16(2)17(3,4)23-18(22-16)14-9-7-6-8-13(14)12-20-11-10-19(5)15(20)21/h6-9H,10-12H2,1-5H3. The van der Waals surface area contributed by atoms with Crippen molar-refractivity contribution in [3.63, 3.8) is 0 Å². The van der Waals surface area contributed by atoms with E-state index in [1.54, 1.807) is 4.90 Å². The highest BCUT2D eigenvalue weighted by Crippen LogP contribution is 2.36. The average Bonchev–Trinajstić information content (AvgIpc) is 2.89. The topological polar surface area (TPSA) is 42.0 Å². The smallest absolute Gasteiger partial charge is 0.399 e. The van der Waals surface area contributed by atoms with E-state index < -0.39 is 7.12 Å². The summed E-state index contributed by atoms with van der Waals surface area (Å²) in [5.74, 6) is 0. The minimum atomic E-state index is -0.397. The van der Waals surface area contributed by atoms with Crippen LogP contribution in [0.4, 0.5) is 4.79 Å². The van der Waals surface area contributed by atoms with E-state index in [2.05, 4.69) is 27.7 Å². The Bertz CT molecular complexity index is 602. The number of carbonyl (C=O) groups excluding carboxylic acids is 1. The Hall–Kier alpha value is -1.53. The van der Waals surface area contributed by atoms with Crippen LogP contribution in [-0.4, -0.2) is 54.3 Å². The Balaban J connectivity index is 1.84. The quantitative estimate of drug-likeness (QED) is 0.799. The van der Waals surface area contributed by atoms with E-state index in [4.69, 9.17) is 9.31 Å². The number of likely N-dealkylation sites (N-methyl/N-ethyl adjacent to an activating group) is 1. The molecule has 0 radical (unpaired) electrons. The highest BCUT2D eigenvalue weighted by atomic mass is 16.7. The number of amides is 2. The van der Waals surface area contributed by atoms with Gasteiger partial charge in [-0.3, -0.25) is 0 Å². The minimum Gasteiger partial charge on any atom is -0.399 e. The van der Waals surface area contributed by atoms with Crippen molar-refractivity contribution in [2.45, 2.75) is 45.4 Å². The lowest BCUT2D eigenvalue weighted by molar-refractivity contribution is 0.00578. The summed E-state index contributed by atoms with van der Waals surface area (Å²) >= 11 is 0. The van der Waals surface area contributed by atoms with E-state index in [1.807, 2.05) is 36.2 Å². The third-order valence-electron chi connectivity index (χ3n) is 5.23. The van der Waals surface area contributed by atoms with Gasteiger partial charge in [-0.1, -0.05) is 24.3 Å². The molecule has 23 heavy (non-hydrogen) atoms. The van der Waals surface area contributed by atoms with Crippen LogP contribution in [0, 0.1) is 0 Å². The van der Waals surface area contributed by atoms with Crippen LogP contribution in [0.2, 0.25) is 0 Å². The van der Waals surface area contributed by atoms with Gasteiger partial charge in [0.05, 0.1) is 11.2 Å². The lowest BCUT2D eigenvalue weighted by Crippen LogP contribution is -2.41. The molecule has 2 aliphatic rings. The van der Waals surface area contributed by atoms with Crippen molar-refractivity contribution in [2.24, 2.45) is 0 Å². The molecule has 124 valence electrons. The number of benzene rings is 1. The van der Waals surface area contributed by atoms with Gasteiger partial charge in [0.1, 0.15) is 0 Å². The second kappa shape index (κ2) is 5.53. The molecule has 2 saturated heterocycles. The maximum Gasteiger partial charge on any atom is 0.495 e. The van der Waals surface area contributed by atoms with E-state index in [-0.39, 0.29) is 17.2 Å². The predicted molar refractivity (Wildman–Crippen MR) is 90.6 cm³/mol. The summed E-state index contributed by atoms with van der Waals surface area (Å²) in [7, 11) is 1.44. The molecular formula is C17H25BN2O3. The summed E-state index contributed by atoms with van der Waals surface area (Å²) in [6.45, 7) is 10.3. The van der Waals surface area contributed by atoms with Crippen molar-refractivity contribution in [3.05, 3.63) is 29.8 Å². The molecule has 0 aromatic heterocycles. The van der Waals surface area contributed by atoms with Crippen molar-refractivity contribution < 1.29 is 14.1 Å². The largest absolute Gasteiger partial charge is 0.495 e. The Labute approximate surface area is 138 Å². The number of carbonyl (C=O) groups is 1. The fourth-order valence-electron chi connectivity index (χ4n) is 2.93. The molecule has 6 heteroatoms. The number of urea groups is 1. The molecule has 2 fully saturated rings. The lowest BCUT2D eigenvalue weighted by atomic mass is 9.76. The zero-order chi connectivity index (χ0) is 16.8. The number of rotatable bonds is 3. The summed E-state index contributed by atoms with van der Waals surface area (Å²) in [5, 5.41) is 0. The first kappa shape index (κ1) is 16.3. The Morgan fingerprint density at radius 2 is 1.70 bits per heavy atom. The normalized spacial score (nSPS) is 23.0. The number of nitrogens with zero attached hydrogens (tertiary/aromatic N) is 2. The molecule has 2 amide bonds. The minimum absolute atomic E-state index is 0.0775. The van der Waals surface area contributed by atoms with Gasteiger partial charge in [0, 0.05) is 26.7 Å². The maximum absolute atomic E-state index is 12.1. The van der Waals surface area contributed by atoms with Gasteiger partial charge in [0.25, 0.3) is 0 Å². The molecule has 1 aromatic carbocycles. The van der Waals surface area contributed by atoms with Crippen LogP contribution >= 0.6 is 0 Å². The fraction of sp³-hybridized carbons (Fsp3) is 0.588. The van der Waals surface area contributed by atoms with E-state index in [0.717, 1.165) is 24.1 Å². The third kappa shape index (κ3) is 2.86. The zero-order valence-corrected chi connectivity index (χ0v) is 14.6. The molecule has 2 heterocycles. The monoisotopic (exact) mass is 316 g/mol.